The van der Waals surface area contributed by atoms with Gasteiger partial charge in [-0.15, -0.1) is 0 Å². The first kappa shape index (κ1) is 13.5. The Morgan fingerprint density at radius 3 is 2.74 bits per heavy atom. The molecule has 0 heterocycles. The van der Waals surface area contributed by atoms with Gasteiger partial charge < -0.3 is 16.4 Å². The molecule has 1 aliphatic rings. The maximum absolute atomic E-state index is 13.5. The fourth-order valence-electron chi connectivity index (χ4n) is 1.68. The van der Waals surface area contributed by atoms with Crippen LogP contribution in [0.25, 0.3) is 0 Å². The zero-order chi connectivity index (χ0) is 13.8. The highest BCUT2D eigenvalue weighted by Crippen LogP contribution is 2.18. The van der Waals surface area contributed by atoms with Gasteiger partial charge in [-0.05, 0) is 31.0 Å². The van der Waals surface area contributed by atoms with Crippen molar-refractivity contribution < 1.29 is 14.0 Å². The molecule has 1 aliphatic carbocycles. The summed E-state index contributed by atoms with van der Waals surface area (Å²) in [5, 5.41) is 5.65. The fourth-order valence-corrected chi connectivity index (χ4v) is 1.68. The number of nitrogens with two attached hydrogens (primary N) is 1. The summed E-state index contributed by atoms with van der Waals surface area (Å²) >= 11 is 0. The van der Waals surface area contributed by atoms with Gasteiger partial charge in [0, 0.05) is 23.7 Å². The SMILES string of the molecule is NC(=O)c1ccc(F)c(CNCC(=O)NC2CC2)c1. The zero-order valence-electron chi connectivity index (χ0n) is 10.4. The summed E-state index contributed by atoms with van der Waals surface area (Å²) in [7, 11) is 0. The summed E-state index contributed by atoms with van der Waals surface area (Å²) in [5.41, 5.74) is 5.69. The van der Waals surface area contributed by atoms with E-state index in [0.29, 0.717) is 11.6 Å². The highest BCUT2D eigenvalue weighted by Gasteiger charge is 2.22. The molecule has 0 radical (unpaired) electrons. The molecule has 2 rings (SSSR count). The Morgan fingerprint density at radius 1 is 1.37 bits per heavy atom. The molecule has 0 aromatic heterocycles. The van der Waals surface area contributed by atoms with Crippen molar-refractivity contribution in [3.05, 3.63) is 35.1 Å². The average molecular weight is 265 g/mol. The first-order chi connectivity index (χ1) is 9.06. The maximum Gasteiger partial charge on any atom is 0.248 e. The summed E-state index contributed by atoms with van der Waals surface area (Å²) in [6.07, 6.45) is 2.06. The number of benzene rings is 1. The van der Waals surface area contributed by atoms with Crippen LogP contribution in [0.5, 0.6) is 0 Å². The van der Waals surface area contributed by atoms with Crippen molar-refractivity contribution in [1.82, 2.24) is 10.6 Å². The number of hydrogen-bond acceptors (Lipinski definition) is 3. The molecule has 1 aromatic rings. The number of carbonyl (C=O) groups excluding carboxylic acids is 2. The lowest BCUT2D eigenvalue weighted by Crippen LogP contribution is -2.34. The lowest BCUT2D eigenvalue weighted by molar-refractivity contribution is -0.120. The van der Waals surface area contributed by atoms with E-state index < -0.39 is 11.7 Å². The van der Waals surface area contributed by atoms with Crippen molar-refractivity contribution in [2.75, 3.05) is 6.54 Å². The summed E-state index contributed by atoms with van der Waals surface area (Å²) in [4.78, 5) is 22.4. The van der Waals surface area contributed by atoms with Gasteiger partial charge in [0.05, 0.1) is 6.54 Å². The van der Waals surface area contributed by atoms with Crippen molar-refractivity contribution in [3.8, 4) is 0 Å². The largest absolute Gasteiger partial charge is 0.366 e. The van der Waals surface area contributed by atoms with Crippen LogP contribution in [0, 0.1) is 5.82 Å². The normalized spacial score (nSPS) is 14.2. The van der Waals surface area contributed by atoms with Crippen LogP contribution in [-0.2, 0) is 11.3 Å². The van der Waals surface area contributed by atoms with Crippen molar-refractivity contribution in [3.63, 3.8) is 0 Å². The van der Waals surface area contributed by atoms with E-state index in [4.69, 9.17) is 5.73 Å². The lowest BCUT2D eigenvalue weighted by Gasteiger charge is -2.07. The second-order valence-electron chi connectivity index (χ2n) is 4.62. The third-order valence-electron chi connectivity index (χ3n) is 2.87. The smallest absolute Gasteiger partial charge is 0.248 e. The Hall–Kier alpha value is -1.95. The van der Waals surface area contributed by atoms with Crippen LogP contribution >= 0.6 is 0 Å². The van der Waals surface area contributed by atoms with E-state index in [9.17, 15) is 14.0 Å². The second-order valence-corrected chi connectivity index (χ2v) is 4.62. The minimum Gasteiger partial charge on any atom is -0.366 e. The Balaban J connectivity index is 1.85. The molecule has 1 aromatic carbocycles. The zero-order valence-corrected chi connectivity index (χ0v) is 10.4. The first-order valence-electron chi connectivity index (χ1n) is 6.14. The molecular weight excluding hydrogens is 249 g/mol. The molecule has 1 fully saturated rings. The summed E-state index contributed by atoms with van der Waals surface area (Å²) in [5.74, 6) is -1.14. The standard InChI is InChI=1S/C13H16FN3O2/c14-11-4-1-8(13(15)19)5-9(11)6-16-7-12(18)17-10-2-3-10/h1,4-5,10,16H,2-3,6-7H2,(H2,15,19)(H,17,18). The van der Waals surface area contributed by atoms with Crippen molar-refractivity contribution in [2.45, 2.75) is 25.4 Å². The highest BCUT2D eigenvalue weighted by atomic mass is 19.1. The van der Waals surface area contributed by atoms with Gasteiger partial charge >= 0.3 is 0 Å². The van der Waals surface area contributed by atoms with E-state index in [0.717, 1.165) is 12.8 Å². The maximum atomic E-state index is 13.5. The van der Waals surface area contributed by atoms with Gasteiger partial charge in [-0.25, -0.2) is 4.39 Å². The Morgan fingerprint density at radius 2 is 2.11 bits per heavy atom. The molecule has 1 saturated carbocycles. The number of primary amides is 1. The third kappa shape index (κ3) is 4.03. The monoisotopic (exact) mass is 265 g/mol. The summed E-state index contributed by atoms with van der Waals surface area (Å²) in [6.45, 7) is 0.293. The van der Waals surface area contributed by atoms with Crippen LogP contribution in [0.4, 0.5) is 4.39 Å². The van der Waals surface area contributed by atoms with E-state index in [2.05, 4.69) is 10.6 Å². The fraction of sp³-hybridized carbons (Fsp3) is 0.385. The molecule has 0 unspecified atom stereocenters. The molecule has 2 amide bonds. The van der Waals surface area contributed by atoms with E-state index in [1.807, 2.05) is 0 Å². The van der Waals surface area contributed by atoms with Crippen LogP contribution in [0.15, 0.2) is 18.2 Å². The number of rotatable bonds is 6. The molecule has 5 nitrogen and oxygen atoms in total. The van der Waals surface area contributed by atoms with Gasteiger partial charge in [-0.1, -0.05) is 0 Å². The van der Waals surface area contributed by atoms with E-state index >= 15 is 0 Å². The number of halogens is 1. The predicted octanol–water partition coefficient (Wildman–Crippen LogP) is 0.293. The van der Waals surface area contributed by atoms with E-state index in [1.54, 1.807) is 0 Å². The quantitative estimate of drug-likeness (QED) is 0.691. The highest BCUT2D eigenvalue weighted by molar-refractivity contribution is 5.92. The van der Waals surface area contributed by atoms with Gasteiger partial charge in [0.15, 0.2) is 0 Å². The summed E-state index contributed by atoms with van der Waals surface area (Å²) < 4.78 is 13.5. The van der Waals surface area contributed by atoms with Gasteiger partial charge in [0.1, 0.15) is 5.82 Å². The molecule has 102 valence electrons. The molecule has 6 heteroatoms. The predicted molar refractivity (Wildman–Crippen MR) is 67.8 cm³/mol. The molecule has 19 heavy (non-hydrogen) atoms. The van der Waals surface area contributed by atoms with Gasteiger partial charge in [0.2, 0.25) is 11.8 Å². The number of carbonyl (C=O) groups is 2. The molecule has 0 bridgehead atoms. The number of hydrogen-bond donors (Lipinski definition) is 3. The minimum atomic E-state index is -0.604. The molecule has 0 aliphatic heterocycles. The van der Waals surface area contributed by atoms with Crippen LogP contribution in [0.1, 0.15) is 28.8 Å². The number of amides is 2. The molecular formula is C13H16FN3O2. The number of nitrogens with one attached hydrogen (secondary N) is 2. The van der Waals surface area contributed by atoms with Crippen molar-refractivity contribution in [2.24, 2.45) is 5.73 Å². The topological polar surface area (TPSA) is 84.2 Å². The van der Waals surface area contributed by atoms with Crippen LogP contribution < -0.4 is 16.4 Å². The first-order valence-corrected chi connectivity index (χ1v) is 6.14. The molecule has 0 saturated heterocycles. The minimum absolute atomic E-state index is 0.103. The van der Waals surface area contributed by atoms with Crippen LogP contribution in [0.3, 0.4) is 0 Å². The Kier molecular flexibility index (Phi) is 4.11. The second kappa shape index (κ2) is 5.79. The van der Waals surface area contributed by atoms with Crippen LogP contribution in [0.2, 0.25) is 0 Å². The van der Waals surface area contributed by atoms with Crippen molar-refractivity contribution in [1.29, 1.82) is 0 Å². The average Bonchev–Trinajstić information content (AvgIpc) is 3.15. The van der Waals surface area contributed by atoms with Gasteiger partial charge in [-0.2, -0.15) is 0 Å². The lowest BCUT2D eigenvalue weighted by atomic mass is 10.1. The van der Waals surface area contributed by atoms with E-state index in [1.165, 1.54) is 18.2 Å². The molecule has 4 N–H and O–H groups in total. The van der Waals surface area contributed by atoms with E-state index in [-0.39, 0.29) is 24.6 Å². The molecule has 0 atom stereocenters. The van der Waals surface area contributed by atoms with Crippen molar-refractivity contribution >= 4 is 11.8 Å². The third-order valence-corrected chi connectivity index (χ3v) is 2.87. The molecule has 0 spiro atoms. The van der Waals surface area contributed by atoms with Gasteiger partial charge in [-0.3, -0.25) is 9.59 Å². The van der Waals surface area contributed by atoms with Crippen LogP contribution in [-0.4, -0.2) is 24.4 Å². The Labute approximate surface area is 110 Å². The Bertz CT molecular complexity index is 501. The van der Waals surface area contributed by atoms with Gasteiger partial charge in [0.25, 0.3) is 0 Å². The summed E-state index contributed by atoms with van der Waals surface area (Å²) in [6, 6.07) is 4.23.